The molecule has 0 unspecified atom stereocenters. The molecule has 1 aromatic carbocycles. The van der Waals surface area contributed by atoms with Gasteiger partial charge in [0.1, 0.15) is 5.82 Å². The smallest absolute Gasteiger partial charge is 0.230 e. The molecule has 1 aliphatic rings. The van der Waals surface area contributed by atoms with Crippen molar-refractivity contribution in [3.63, 3.8) is 0 Å². The molecule has 24 heavy (non-hydrogen) atoms. The first-order chi connectivity index (χ1) is 11.6. The fourth-order valence-electron chi connectivity index (χ4n) is 3.57. The van der Waals surface area contributed by atoms with Gasteiger partial charge in [-0.15, -0.1) is 5.10 Å². The van der Waals surface area contributed by atoms with Crippen LogP contribution in [0.3, 0.4) is 0 Å². The van der Waals surface area contributed by atoms with E-state index in [1.807, 2.05) is 6.92 Å². The van der Waals surface area contributed by atoms with E-state index in [0.29, 0.717) is 5.82 Å². The predicted molar refractivity (Wildman–Crippen MR) is 95.7 cm³/mol. The number of hydrogen-bond donors (Lipinski definition) is 1. The molecule has 1 aliphatic heterocycles. The van der Waals surface area contributed by atoms with E-state index in [1.165, 1.54) is 30.4 Å². The number of likely N-dealkylation sites (tertiary alicyclic amines) is 1. The topological polar surface area (TPSA) is 53.7 Å². The summed E-state index contributed by atoms with van der Waals surface area (Å²) in [5, 5.41) is 15.1. The lowest BCUT2D eigenvalue weighted by Crippen LogP contribution is -2.34. The Morgan fingerprint density at radius 3 is 2.67 bits per heavy atom. The van der Waals surface area contributed by atoms with Gasteiger partial charge in [0.05, 0.1) is 10.9 Å². The first-order valence-corrected chi connectivity index (χ1v) is 9.31. The number of piperidine rings is 1. The van der Waals surface area contributed by atoms with Crippen LogP contribution in [0.5, 0.6) is 5.88 Å². The molecule has 4 rings (SSSR count). The number of hydrogen-bond acceptors (Lipinski definition) is 5. The van der Waals surface area contributed by atoms with Gasteiger partial charge in [0.25, 0.3) is 0 Å². The Labute approximate surface area is 145 Å². The van der Waals surface area contributed by atoms with Crippen LogP contribution in [0.15, 0.2) is 24.3 Å². The second-order valence-corrected chi connectivity index (χ2v) is 7.57. The number of aryl methyl sites for hydroxylation is 2. The van der Waals surface area contributed by atoms with E-state index < -0.39 is 0 Å². The van der Waals surface area contributed by atoms with E-state index in [2.05, 4.69) is 46.2 Å². The molecule has 0 radical (unpaired) electrons. The Morgan fingerprint density at radius 1 is 1.17 bits per heavy atom. The number of nitrogens with zero attached hydrogens (tertiary/aromatic N) is 4. The Kier molecular flexibility index (Phi) is 4.02. The second-order valence-electron chi connectivity index (χ2n) is 6.56. The van der Waals surface area contributed by atoms with E-state index in [9.17, 15) is 5.11 Å². The van der Waals surface area contributed by atoms with Gasteiger partial charge in [-0.1, -0.05) is 47.6 Å². The van der Waals surface area contributed by atoms with Crippen LogP contribution in [0, 0.1) is 13.8 Å². The van der Waals surface area contributed by atoms with Crippen molar-refractivity contribution >= 4 is 16.3 Å². The molecule has 3 aromatic rings. The summed E-state index contributed by atoms with van der Waals surface area (Å²) in [6.45, 7) is 6.08. The number of rotatable bonds is 3. The molecule has 126 valence electrons. The zero-order valence-corrected chi connectivity index (χ0v) is 14.9. The number of benzene rings is 1. The third-order valence-corrected chi connectivity index (χ3v) is 5.74. The van der Waals surface area contributed by atoms with Crippen LogP contribution < -0.4 is 0 Å². The molecule has 3 heterocycles. The summed E-state index contributed by atoms with van der Waals surface area (Å²) in [7, 11) is 0. The van der Waals surface area contributed by atoms with Crippen molar-refractivity contribution < 1.29 is 5.11 Å². The van der Waals surface area contributed by atoms with Crippen LogP contribution in [0.25, 0.3) is 4.96 Å². The van der Waals surface area contributed by atoms with E-state index in [0.717, 1.165) is 22.9 Å². The van der Waals surface area contributed by atoms with Crippen molar-refractivity contribution in [2.24, 2.45) is 0 Å². The highest BCUT2D eigenvalue weighted by Crippen LogP contribution is 2.40. The van der Waals surface area contributed by atoms with Gasteiger partial charge in [-0.2, -0.15) is 4.52 Å². The summed E-state index contributed by atoms with van der Waals surface area (Å²) >= 11 is 1.54. The number of thiazole rings is 1. The van der Waals surface area contributed by atoms with Gasteiger partial charge in [0.15, 0.2) is 0 Å². The lowest BCUT2D eigenvalue weighted by molar-refractivity contribution is 0.186. The molecule has 1 saturated heterocycles. The van der Waals surface area contributed by atoms with Crippen molar-refractivity contribution in [3.05, 3.63) is 46.1 Å². The SMILES string of the molecule is Cc1cccc([C@@H](c2sc3nc(C)nn3c2O)N2CCCCC2)c1. The summed E-state index contributed by atoms with van der Waals surface area (Å²) in [4.78, 5) is 8.61. The fraction of sp³-hybridized carbons (Fsp3) is 0.444. The molecule has 5 nitrogen and oxygen atoms in total. The van der Waals surface area contributed by atoms with Gasteiger partial charge >= 0.3 is 0 Å². The summed E-state index contributed by atoms with van der Waals surface area (Å²) in [6.07, 6.45) is 3.71. The van der Waals surface area contributed by atoms with E-state index in [1.54, 1.807) is 15.9 Å². The van der Waals surface area contributed by atoms with E-state index in [4.69, 9.17) is 0 Å². The van der Waals surface area contributed by atoms with Gasteiger partial charge in [0.2, 0.25) is 10.8 Å². The summed E-state index contributed by atoms with van der Waals surface area (Å²) in [6, 6.07) is 8.66. The maximum atomic E-state index is 10.8. The summed E-state index contributed by atoms with van der Waals surface area (Å²) < 4.78 is 1.57. The summed E-state index contributed by atoms with van der Waals surface area (Å²) in [5.74, 6) is 0.917. The first kappa shape index (κ1) is 15.6. The molecule has 1 N–H and O–H groups in total. The maximum Gasteiger partial charge on any atom is 0.230 e. The highest BCUT2D eigenvalue weighted by Gasteiger charge is 2.30. The Balaban J connectivity index is 1.84. The molecular weight excluding hydrogens is 320 g/mol. The lowest BCUT2D eigenvalue weighted by atomic mass is 9.99. The van der Waals surface area contributed by atoms with E-state index >= 15 is 0 Å². The molecule has 0 spiro atoms. The zero-order valence-electron chi connectivity index (χ0n) is 14.1. The molecular formula is C18H22N4OS. The van der Waals surface area contributed by atoms with Crippen LogP contribution in [0.4, 0.5) is 0 Å². The fourth-order valence-corrected chi connectivity index (χ4v) is 4.73. The van der Waals surface area contributed by atoms with E-state index in [-0.39, 0.29) is 11.9 Å². The molecule has 0 bridgehead atoms. The molecule has 0 aliphatic carbocycles. The van der Waals surface area contributed by atoms with Crippen molar-refractivity contribution in [3.8, 4) is 5.88 Å². The minimum atomic E-state index is 0.0685. The Morgan fingerprint density at radius 2 is 1.96 bits per heavy atom. The van der Waals surface area contributed by atoms with Gasteiger partial charge in [-0.05, 0) is 45.3 Å². The minimum Gasteiger partial charge on any atom is -0.492 e. The monoisotopic (exact) mass is 342 g/mol. The average Bonchev–Trinajstić information content (AvgIpc) is 3.07. The van der Waals surface area contributed by atoms with Crippen LogP contribution >= 0.6 is 11.3 Å². The standard InChI is InChI=1S/C18H22N4OS/c1-12-7-6-8-14(11-12)15(21-9-4-3-5-10-21)16-17(23)22-18(24-16)19-13(2)20-22/h6-8,11,15,23H,3-5,9-10H2,1-2H3/t15-/m0/s1. The Bertz CT molecular complexity index is 863. The summed E-state index contributed by atoms with van der Waals surface area (Å²) in [5.41, 5.74) is 2.47. The van der Waals surface area contributed by atoms with Crippen molar-refractivity contribution in [2.75, 3.05) is 13.1 Å². The highest BCUT2D eigenvalue weighted by atomic mass is 32.1. The number of fused-ring (bicyclic) bond motifs is 1. The third-order valence-electron chi connectivity index (χ3n) is 4.67. The minimum absolute atomic E-state index is 0.0685. The Hall–Kier alpha value is -1.92. The molecule has 2 aromatic heterocycles. The maximum absolute atomic E-state index is 10.8. The molecule has 0 amide bonds. The number of aromatic nitrogens is 3. The van der Waals surface area contributed by atoms with Crippen LogP contribution in [0.2, 0.25) is 0 Å². The average molecular weight is 342 g/mol. The van der Waals surface area contributed by atoms with Crippen LogP contribution in [-0.4, -0.2) is 37.7 Å². The van der Waals surface area contributed by atoms with Crippen molar-refractivity contribution in [2.45, 2.75) is 39.2 Å². The largest absolute Gasteiger partial charge is 0.492 e. The normalized spacial score (nSPS) is 17.4. The molecule has 0 saturated carbocycles. The van der Waals surface area contributed by atoms with Crippen LogP contribution in [0.1, 0.15) is 47.1 Å². The highest BCUT2D eigenvalue weighted by molar-refractivity contribution is 7.17. The lowest BCUT2D eigenvalue weighted by Gasteiger charge is -2.34. The third kappa shape index (κ3) is 2.70. The van der Waals surface area contributed by atoms with Crippen molar-refractivity contribution in [1.82, 2.24) is 19.5 Å². The molecule has 1 atom stereocenters. The van der Waals surface area contributed by atoms with Crippen molar-refractivity contribution in [1.29, 1.82) is 0 Å². The van der Waals surface area contributed by atoms with Gasteiger partial charge in [0, 0.05) is 0 Å². The number of aromatic hydroxyl groups is 1. The second kappa shape index (κ2) is 6.18. The quantitative estimate of drug-likeness (QED) is 0.789. The van der Waals surface area contributed by atoms with Crippen LogP contribution in [-0.2, 0) is 0 Å². The molecule has 6 heteroatoms. The van der Waals surface area contributed by atoms with Gasteiger partial charge in [-0.3, -0.25) is 4.90 Å². The first-order valence-electron chi connectivity index (χ1n) is 8.49. The van der Waals surface area contributed by atoms with Gasteiger partial charge < -0.3 is 5.11 Å². The van der Waals surface area contributed by atoms with Gasteiger partial charge in [-0.25, -0.2) is 4.98 Å². The predicted octanol–water partition coefficient (Wildman–Crippen LogP) is 3.69. The zero-order chi connectivity index (χ0) is 16.7. The molecule has 1 fully saturated rings.